The second-order valence-electron chi connectivity index (χ2n) is 15.1. The molecule has 0 atom stereocenters. The third-order valence-electron chi connectivity index (χ3n) is 10.7. The predicted molar refractivity (Wildman–Crippen MR) is 229 cm³/mol. The zero-order chi connectivity index (χ0) is 36.8. The highest BCUT2D eigenvalue weighted by Crippen LogP contribution is 2.50. The summed E-state index contributed by atoms with van der Waals surface area (Å²) < 4.78 is 14.3. The van der Waals surface area contributed by atoms with Gasteiger partial charge in [-0.25, -0.2) is 4.39 Å². The number of hydrogen-bond donors (Lipinski definition) is 0. The second-order valence-corrected chi connectivity index (χ2v) is 15.1. The first-order valence-electron chi connectivity index (χ1n) is 18.6. The van der Waals surface area contributed by atoms with Gasteiger partial charge in [0.2, 0.25) is 0 Å². The minimum Gasteiger partial charge on any atom is -0.310 e. The van der Waals surface area contributed by atoms with E-state index in [2.05, 4.69) is 189 Å². The molecule has 260 valence electrons. The van der Waals surface area contributed by atoms with Gasteiger partial charge in [0.1, 0.15) is 5.82 Å². The molecule has 0 aliphatic heterocycles. The second kappa shape index (κ2) is 13.5. The molecule has 0 N–H and O–H groups in total. The topological polar surface area (TPSA) is 3.24 Å². The summed E-state index contributed by atoms with van der Waals surface area (Å²) >= 11 is 0. The van der Waals surface area contributed by atoms with Crippen LogP contribution < -0.4 is 4.90 Å². The summed E-state index contributed by atoms with van der Waals surface area (Å²) in [7, 11) is 0. The van der Waals surface area contributed by atoms with E-state index >= 15 is 0 Å². The lowest BCUT2D eigenvalue weighted by Crippen LogP contribution is -2.13. The molecule has 0 saturated carbocycles. The van der Waals surface area contributed by atoms with Gasteiger partial charge < -0.3 is 4.90 Å². The Morgan fingerprint density at radius 3 is 1.46 bits per heavy atom. The molecule has 0 aliphatic rings. The molecule has 0 amide bonds. The number of nitrogens with zero attached hydrogens (tertiary/aromatic N) is 1. The quantitative estimate of drug-likeness (QED) is 0.156. The van der Waals surface area contributed by atoms with Crippen LogP contribution in [0, 0.1) is 5.82 Å². The molecular formula is C52H40FN. The van der Waals surface area contributed by atoms with Crippen LogP contribution in [0.3, 0.4) is 0 Å². The lowest BCUT2D eigenvalue weighted by atomic mass is 9.81. The van der Waals surface area contributed by atoms with Crippen LogP contribution >= 0.6 is 0 Å². The molecule has 0 fully saturated rings. The predicted octanol–water partition coefficient (Wildman–Crippen LogP) is 15.1. The molecular weight excluding hydrogens is 658 g/mol. The molecule has 0 radical (unpaired) electrons. The van der Waals surface area contributed by atoms with Crippen molar-refractivity contribution in [3.05, 3.63) is 199 Å². The van der Waals surface area contributed by atoms with Gasteiger partial charge in [0, 0.05) is 17.1 Å². The third kappa shape index (κ3) is 5.90. The molecule has 1 nitrogen and oxygen atoms in total. The number of benzene rings is 9. The Morgan fingerprint density at radius 2 is 0.870 bits per heavy atom. The molecule has 54 heavy (non-hydrogen) atoms. The minimum atomic E-state index is -0.255. The van der Waals surface area contributed by atoms with Crippen LogP contribution in [0.2, 0.25) is 0 Å². The van der Waals surface area contributed by atoms with Crippen LogP contribution in [0.4, 0.5) is 21.5 Å². The number of rotatable bonds is 6. The van der Waals surface area contributed by atoms with Crippen molar-refractivity contribution in [1.29, 1.82) is 0 Å². The molecule has 0 saturated heterocycles. The molecule has 0 aromatic heterocycles. The highest BCUT2D eigenvalue weighted by atomic mass is 19.1. The van der Waals surface area contributed by atoms with E-state index in [-0.39, 0.29) is 11.2 Å². The molecule has 9 rings (SSSR count). The molecule has 9 aromatic carbocycles. The zero-order valence-corrected chi connectivity index (χ0v) is 30.7. The van der Waals surface area contributed by atoms with Crippen LogP contribution in [0.5, 0.6) is 0 Å². The Morgan fingerprint density at radius 1 is 0.389 bits per heavy atom. The molecule has 2 heteroatoms. The average Bonchev–Trinajstić information content (AvgIpc) is 3.22. The van der Waals surface area contributed by atoms with Crippen molar-refractivity contribution in [2.75, 3.05) is 4.90 Å². The van der Waals surface area contributed by atoms with Crippen LogP contribution in [0.1, 0.15) is 26.3 Å². The van der Waals surface area contributed by atoms with Crippen LogP contribution in [-0.2, 0) is 5.41 Å². The van der Waals surface area contributed by atoms with E-state index in [0.29, 0.717) is 0 Å². The highest BCUT2D eigenvalue weighted by molar-refractivity contribution is 6.33. The maximum Gasteiger partial charge on any atom is 0.123 e. The Balaban J connectivity index is 1.42. The van der Waals surface area contributed by atoms with Crippen molar-refractivity contribution < 1.29 is 4.39 Å². The number of halogens is 1. The van der Waals surface area contributed by atoms with E-state index in [1.54, 1.807) is 0 Å². The maximum atomic E-state index is 14.3. The van der Waals surface area contributed by atoms with Gasteiger partial charge in [-0.05, 0) is 131 Å². The largest absolute Gasteiger partial charge is 0.310 e. The molecule has 0 unspecified atom stereocenters. The fourth-order valence-electron chi connectivity index (χ4n) is 8.02. The van der Waals surface area contributed by atoms with E-state index < -0.39 is 0 Å². The van der Waals surface area contributed by atoms with Gasteiger partial charge in [-0.1, -0.05) is 154 Å². The fraction of sp³-hybridized carbons (Fsp3) is 0.0769. The first-order valence-corrected chi connectivity index (χ1v) is 18.6. The average molecular weight is 698 g/mol. The normalized spacial score (nSPS) is 11.7. The maximum absolute atomic E-state index is 14.3. The van der Waals surface area contributed by atoms with Gasteiger partial charge in [0.25, 0.3) is 0 Å². The van der Waals surface area contributed by atoms with Gasteiger partial charge in [-0.3, -0.25) is 0 Å². The molecule has 9 aromatic rings. The monoisotopic (exact) mass is 697 g/mol. The first-order chi connectivity index (χ1) is 26.3. The van der Waals surface area contributed by atoms with Gasteiger partial charge >= 0.3 is 0 Å². The Hall–Kier alpha value is -6.51. The molecule has 0 spiro atoms. The lowest BCUT2D eigenvalue weighted by molar-refractivity contribution is 0.590. The van der Waals surface area contributed by atoms with E-state index in [1.165, 1.54) is 78.0 Å². The molecule has 0 heterocycles. The number of anilines is 3. The fourth-order valence-corrected chi connectivity index (χ4v) is 8.02. The summed E-state index contributed by atoms with van der Waals surface area (Å²) in [6, 6.07) is 66.0. The smallest absolute Gasteiger partial charge is 0.123 e. The summed E-state index contributed by atoms with van der Waals surface area (Å²) in [4.78, 5) is 2.23. The molecule has 0 aliphatic carbocycles. The van der Waals surface area contributed by atoms with Gasteiger partial charge in [0.05, 0.1) is 0 Å². The van der Waals surface area contributed by atoms with Crippen LogP contribution in [0.25, 0.3) is 65.7 Å². The standard InChI is InChI=1S/C52H40FN/c1-52(2,3)38-23-27-40(28-24-38)54(41-29-25-39(53)26-30-41)42-31-32-45-48(33-42)43-21-13-14-22-44(43)50-47(36-17-9-5-10-18-36)34-46(35-15-7-4-8-16-35)49(51(45)50)37-19-11-6-12-20-37/h4-34H,1-3H3. The Bertz CT molecular complexity index is 2760. The first kappa shape index (κ1) is 33.3. The lowest BCUT2D eigenvalue weighted by Gasteiger charge is -2.28. The summed E-state index contributed by atoms with van der Waals surface area (Å²) in [5.74, 6) is -0.255. The van der Waals surface area contributed by atoms with E-state index in [1.807, 2.05) is 12.1 Å². The van der Waals surface area contributed by atoms with Crippen molar-refractivity contribution in [1.82, 2.24) is 0 Å². The minimum absolute atomic E-state index is 0.0236. The summed E-state index contributed by atoms with van der Waals surface area (Å²) in [6.07, 6.45) is 0. The van der Waals surface area contributed by atoms with Crippen molar-refractivity contribution in [2.24, 2.45) is 0 Å². The van der Waals surface area contributed by atoms with Crippen LogP contribution in [0.15, 0.2) is 188 Å². The van der Waals surface area contributed by atoms with Gasteiger partial charge in [-0.15, -0.1) is 0 Å². The summed E-state index contributed by atoms with van der Waals surface area (Å²) in [5.41, 5.74) is 11.4. The summed E-state index contributed by atoms with van der Waals surface area (Å²) in [6.45, 7) is 6.69. The Kier molecular flexibility index (Phi) is 8.32. The van der Waals surface area contributed by atoms with E-state index in [9.17, 15) is 4.39 Å². The van der Waals surface area contributed by atoms with E-state index in [4.69, 9.17) is 0 Å². The van der Waals surface area contributed by atoms with Gasteiger partial charge in [0.15, 0.2) is 0 Å². The van der Waals surface area contributed by atoms with Crippen molar-refractivity contribution in [2.45, 2.75) is 26.2 Å². The summed E-state index contributed by atoms with van der Waals surface area (Å²) in [5, 5.41) is 7.20. The zero-order valence-electron chi connectivity index (χ0n) is 30.7. The van der Waals surface area contributed by atoms with Crippen molar-refractivity contribution in [3.63, 3.8) is 0 Å². The number of fused-ring (bicyclic) bond motifs is 6. The Labute approximate surface area is 316 Å². The molecule has 0 bridgehead atoms. The van der Waals surface area contributed by atoms with E-state index in [0.717, 1.165) is 22.4 Å². The number of hydrogen-bond acceptors (Lipinski definition) is 1. The SMILES string of the molecule is CC(C)(C)c1ccc(N(c2ccc(F)cc2)c2ccc3c(c2)c2ccccc2c2c(-c4ccccc4)cc(-c4ccccc4)c(-c4ccccc4)c32)cc1. The van der Waals surface area contributed by atoms with Crippen molar-refractivity contribution >= 4 is 49.4 Å². The van der Waals surface area contributed by atoms with Crippen molar-refractivity contribution in [3.8, 4) is 33.4 Å². The van der Waals surface area contributed by atoms with Gasteiger partial charge in [-0.2, -0.15) is 0 Å². The third-order valence-corrected chi connectivity index (χ3v) is 10.7. The van der Waals surface area contributed by atoms with Crippen LogP contribution in [-0.4, -0.2) is 0 Å². The highest BCUT2D eigenvalue weighted by Gasteiger charge is 2.23.